The molecule has 0 radical (unpaired) electrons. The molecule has 0 amide bonds. The standard InChI is InChI=1S/C14H27F3N2O/c1-2-20-13(11-7-4-3-5-8-11)12(19-18)9-6-10-14(15,16)17/h11-13,19H,2-10,18H2,1H3. The van der Waals surface area contributed by atoms with E-state index in [1.165, 1.54) is 19.3 Å². The van der Waals surface area contributed by atoms with E-state index in [1.807, 2.05) is 6.92 Å². The van der Waals surface area contributed by atoms with Crippen molar-refractivity contribution in [3.05, 3.63) is 0 Å². The average molecular weight is 296 g/mol. The molecular weight excluding hydrogens is 269 g/mol. The van der Waals surface area contributed by atoms with Crippen LogP contribution in [0.3, 0.4) is 0 Å². The third-order valence-corrected chi connectivity index (χ3v) is 4.06. The third kappa shape index (κ3) is 6.41. The van der Waals surface area contributed by atoms with Crippen molar-refractivity contribution >= 4 is 0 Å². The second kappa shape index (κ2) is 8.85. The van der Waals surface area contributed by atoms with Gasteiger partial charge in [-0.15, -0.1) is 0 Å². The quantitative estimate of drug-likeness (QED) is 0.532. The first kappa shape index (κ1) is 17.7. The van der Waals surface area contributed by atoms with Crippen LogP contribution in [0.4, 0.5) is 13.2 Å². The van der Waals surface area contributed by atoms with E-state index in [0.29, 0.717) is 18.9 Å². The summed E-state index contributed by atoms with van der Waals surface area (Å²) in [6.07, 6.45) is 1.33. The maximum absolute atomic E-state index is 12.2. The van der Waals surface area contributed by atoms with Crippen LogP contribution < -0.4 is 11.3 Å². The summed E-state index contributed by atoms with van der Waals surface area (Å²) >= 11 is 0. The van der Waals surface area contributed by atoms with Gasteiger partial charge in [0.05, 0.1) is 6.10 Å². The van der Waals surface area contributed by atoms with Crippen molar-refractivity contribution in [1.82, 2.24) is 5.43 Å². The number of hydrazine groups is 1. The van der Waals surface area contributed by atoms with Gasteiger partial charge in [-0.1, -0.05) is 19.3 Å². The van der Waals surface area contributed by atoms with Crippen molar-refractivity contribution in [2.75, 3.05) is 6.61 Å². The Hall–Kier alpha value is -0.330. The third-order valence-electron chi connectivity index (χ3n) is 4.06. The fourth-order valence-corrected chi connectivity index (χ4v) is 3.10. The molecule has 120 valence electrons. The Labute approximate surface area is 119 Å². The number of ether oxygens (including phenoxy) is 1. The smallest absolute Gasteiger partial charge is 0.377 e. The van der Waals surface area contributed by atoms with E-state index >= 15 is 0 Å². The molecule has 6 heteroatoms. The zero-order valence-electron chi connectivity index (χ0n) is 12.2. The van der Waals surface area contributed by atoms with Crippen molar-refractivity contribution < 1.29 is 17.9 Å². The van der Waals surface area contributed by atoms with Crippen LogP contribution in [-0.4, -0.2) is 24.9 Å². The number of hydrogen-bond acceptors (Lipinski definition) is 3. The van der Waals surface area contributed by atoms with Crippen LogP contribution in [0.5, 0.6) is 0 Å². The van der Waals surface area contributed by atoms with Crippen LogP contribution in [0.2, 0.25) is 0 Å². The van der Waals surface area contributed by atoms with Gasteiger partial charge < -0.3 is 4.74 Å². The highest BCUT2D eigenvalue weighted by Crippen LogP contribution is 2.31. The lowest BCUT2D eigenvalue weighted by Crippen LogP contribution is -2.49. The molecule has 3 N–H and O–H groups in total. The maximum Gasteiger partial charge on any atom is 0.389 e. The highest BCUT2D eigenvalue weighted by atomic mass is 19.4. The van der Waals surface area contributed by atoms with E-state index in [0.717, 1.165) is 12.8 Å². The second-order valence-electron chi connectivity index (χ2n) is 5.60. The molecule has 1 aliphatic rings. The fraction of sp³-hybridized carbons (Fsp3) is 1.00. The van der Waals surface area contributed by atoms with E-state index in [2.05, 4.69) is 5.43 Å². The predicted octanol–water partition coefficient (Wildman–Crippen LogP) is 3.54. The van der Waals surface area contributed by atoms with Gasteiger partial charge in [-0.25, -0.2) is 0 Å². The first-order chi connectivity index (χ1) is 9.48. The summed E-state index contributed by atoms with van der Waals surface area (Å²) in [5.41, 5.74) is 2.68. The molecule has 1 rings (SSSR count). The van der Waals surface area contributed by atoms with Crippen LogP contribution in [0.25, 0.3) is 0 Å². The van der Waals surface area contributed by atoms with Crippen LogP contribution in [0, 0.1) is 5.92 Å². The maximum atomic E-state index is 12.2. The summed E-state index contributed by atoms with van der Waals surface area (Å²) in [6, 6.07) is -0.194. The molecule has 0 aromatic carbocycles. The second-order valence-corrected chi connectivity index (χ2v) is 5.60. The monoisotopic (exact) mass is 296 g/mol. The summed E-state index contributed by atoms with van der Waals surface area (Å²) in [6.45, 7) is 2.48. The van der Waals surface area contributed by atoms with Crippen LogP contribution in [0.1, 0.15) is 58.3 Å². The van der Waals surface area contributed by atoms with Gasteiger partial charge in [0, 0.05) is 19.1 Å². The van der Waals surface area contributed by atoms with E-state index in [4.69, 9.17) is 10.6 Å². The molecule has 0 aromatic heterocycles. The van der Waals surface area contributed by atoms with Crippen LogP contribution in [-0.2, 0) is 4.74 Å². The molecule has 1 fully saturated rings. The predicted molar refractivity (Wildman–Crippen MR) is 73.0 cm³/mol. The lowest BCUT2D eigenvalue weighted by atomic mass is 9.81. The van der Waals surface area contributed by atoms with Crippen molar-refractivity contribution in [3.63, 3.8) is 0 Å². The first-order valence-electron chi connectivity index (χ1n) is 7.62. The number of alkyl halides is 3. The summed E-state index contributed by atoms with van der Waals surface area (Å²) < 4.78 is 42.5. The molecule has 0 bridgehead atoms. The molecular formula is C14H27F3N2O. The molecule has 3 nitrogen and oxygen atoms in total. The summed E-state index contributed by atoms with van der Waals surface area (Å²) in [5.74, 6) is 5.96. The number of hydrogen-bond donors (Lipinski definition) is 2. The normalized spacial score (nSPS) is 20.9. The van der Waals surface area contributed by atoms with Gasteiger partial charge in [0.2, 0.25) is 0 Å². The molecule has 0 saturated heterocycles. The number of nitrogens with one attached hydrogen (secondary N) is 1. The van der Waals surface area contributed by atoms with Crippen LogP contribution >= 0.6 is 0 Å². The van der Waals surface area contributed by atoms with Gasteiger partial charge in [0.1, 0.15) is 0 Å². The Kier molecular flexibility index (Phi) is 7.84. The Bertz CT molecular complexity index is 255. The molecule has 0 aromatic rings. The molecule has 0 heterocycles. The lowest BCUT2D eigenvalue weighted by Gasteiger charge is -2.35. The van der Waals surface area contributed by atoms with Gasteiger partial charge in [-0.3, -0.25) is 11.3 Å². The van der Waals surface area contributed by atoms with Crippen molar-refractivity contribution in [3.8, 4) is 0 Å². The first-order valence-corrected chi connectivity index (χ1v) is 7.62. The lowest BCUT2D eigenvalue weighted by molar-refractivity contribution is -0.136. The van der Waals surface area contributed by atoms with Crippen molar-refractivity contribution in [2.45, 2.75) is 76.6 Å². The summed E-state index contributed by atoms with van der Waals surface area (Å²) in [5, 5.41) is 0. The van der Waals surface area contributed by atoms with E-state index in [1.54, 1.807) is 0 Å². The molecule has 1 aliphatic carbocycles. The zero-order chi connectivity index (χ0) is 15.0. The zero-order valence-corrected chi connectivity index (χ0v) is 12.2. The number of rotatable bonds is 8. The average Bonchev–Trinajstić information content (AvgIpc) is 2.41. The molecule has 2 atom stereocenters. The Morgan fingerprint density at radius 2 is 1.90 bits per heavy atom. The fourth-order valence-electron chi connectivity index (χ4n) is 3.10. The topological polar surface area (TPSA) is 47.3 Å². The Morgan fingerprint density at radius 1 is 1.25 bits per heavy atom. The molecule has 2 unspecified atom stereocenters. The van der Waals surface area contributed by atoms with E-state index in [-0.39, 0.29) is 18.6 Å². The minimum atomic E-state index is -4.09. The molecule has 0 spiro atoms. The van der Waals surface area contributed by atoms with Gasteiger partial charge >= 0.3 is 6.18 Å². The van der Waals surface area contributed by atoms with Crippen LogP contribution in [0.15, 0.2) is 0 Å². The summed E-state index contributed by atoms with van der Waals surface area (Å²) in [7, 11) is 0. The minimum absolute atomic E-state index is 0.0708. The van der Waals surface area contributed by atoms with Gasteiger partial charge in [-0.2, -0.15) is 13.2 Å². The minimum Gasteiger partial charge on any atom is -0.377 e. The van der Waals surface area contributed by atoms with Gasteiger partial charge in [-0.05, 0) is 38.5 Å². The highest BCUT2D eigenvalue weighted by Gasteiger charge is 2.32. The van der Waals surface area contributed by atoms with Gasteiger partial charge in [0.25, 0.3) is 0 Å². The Morgan fingerprint density at radius 3 is 2.40 bits per heavy atom. The largest absolute Gasteiger partial charge is 0.389 e. The Balaban J connectivity index is 2.51. The number of nitrogens with two attached hydrogens (primary N) is 1. The highest BCUT2D eigenvalue weighted by molar-refractivity contribution is 4.84. The SMILES string of the molecule is CCOC(C1CCCCC1)C(CCCC(F)(F)F)NN. The van der Waals surface area contributed by atoms with Crippen molar-refractivity contribution in [2.24, 2.45) is 11.8 Å². The van der Waals surface area contributed by atoms with Gasteiger partial charge in [0.15, 0.2) is 0 Å². The molecule has 0 aliphatic heterocycles. The van der Waals surface area contributed by atoms with E-state index < -0.39 is 12.6 Å². The number of halogens is 3. The van der Waals surface area contributed by atoms with E-state index in [9.17, 15) is 13.2 Å². The molecule has 1 saturated carbocycles. The van der Waals surface area contributed by atoms with Crippen molar-refractivity contribution in [1.29, 1.82) is 0 Å². The summed E-state index contributed by atoms with van der Waals surface area (Å²) in [4.78, 5) is 0. The molecule has 20 heavy (non-hydrogen) atoms.